The first-order valence-corrected chi connectivity index (χ1v) is 13.4. The first-order valence-electron chi connectivity index (χ1n) is 11.6. The third kappa shape index (κ3) is 6.81. The van der Waals surface area contributed by atoms with Gasteiger partial charge in [-0.3, -0.25) is 13.9 Å². The number of carbonyl (C=O) groups is 2. The second kappa shape index (κ2) is 12.1. The molecule has 0 saturated heterocycles. The van der Waals surface area contributed by atoms with Gasteiger partial charge >= 0.3 is 0 Å². The summed E-state index contributed by atoms with van der Waals surface area (Å²) in [5.74, 6) is -0.420. The summed E-state index contributed by atoms with van der Waals surface area (Å²) < 4.78 is 33.7. The maximum Gasteiger partial charge on any atom is 0.264 e. The van der Waals surface area contributed by atoms with Crippen molar-refractivity contribution in [1.29, 1.82) is 0 Å². The second-order valence-electron chi connectivity index (χ2n) is 8.47. The van der Waals surface area contributed by atoms with Gasteiger partial charge in [0.05, 0.1) is 17.7 Å². The maximum absolute atomic E-state index is 13.8. The zero-order valence-corrected chi connectivity index (χ0v) is 22.7. The summed E-state index contributed by atoms with van der Waals surface area (Å²) in [6, 6.07) is 18.9. The van der Waals surface area contributed by atoms with E-state index in [1.807, 2.05) is 31.2 Å². The predicted molar refractivity (Wildman–Crippen MR) is 144 cm³/mol. The van der Waals surface area contributed by atoms with Crippen molar-refractivity contribution in [1.82, 2.24) is 10.2 Å². The van der Waals surface area contributed by atoms with Crippen molar-refractivity contribution >= 4 is 39.1 Å². The lowest BCUT2D eigenvalue weighted by Crippen LogP contribution is -2.50. The fourth-order valence-corrected chi connectivity index (χ4v) is 5.42. The van der Waals surface area contributed by atoms with E-state index in [1.54, 1.807) is 25.1 Å². The number of hydrogen-bond donors (Lipinski definition) is 1. The fraction of sp³-hybridized carbons (Fsp3) is 0.259. The van der Waals surface area contributed by atoms with Gasteiger partial charge in [0, 0.05) is 18.6 Å². The Morgan fingerprint density at radius 1 is 1.03 bits per heavy atom. The Morgan fingerprint density at radius 3 is 2.30 bits per heavy atom. The Balaban J connectivity index is 2.03. The molecule has 0 fully saturated rings. The molecule has 0 spiro atoms. The smallest absolute Gasteiger partial charge is 0.264 e. The molecule has 0 bridgehead atoms. The Kier molecular flexibility index (Phi) is 9.18. The Hall–Kier alpha value is -3.56. The van der Waals surface area contributed by atoms with E-state index in [1.165, 1.54) is 49.4 Å². The van der Waals surface area contributed by atoms with Gasteiger partial charge in [0.25, 0.3) is 10.0 Å². The number of halogens is 1. The van der Waals surface area contributed by atoms with Crippen molar-refractivity contribution in [3.05, 3.63) is 88.9 Å². The summed E-state index contributed by atoms with van der Waals surface area (Å²) >= 11 is 6.17. The molecule has 10 heteroatoms. The first kappa shape index (κ1) is 28.0. The molecule has 1 unspecified atom stereocenters. The predicted octanol–water partition coefficient (Wildman–Crippen LogP) is 4.02. The van der Waals surface area contributed by atoms with Gasteiger partial charge in [0.1, 0.15) is 18.3 Å². The standard InChI is InChI=1S/C27H30ClN3O5S/c1-19-7-5-8-21(15-19)17-30(20(2)27(33)29-3)26(32)18-31(23-10-6-9-22(28)16-23)37(34,35)25-13-11-24(36-4)12-14-25/h5-16,20H,17-18H2,1-4H3,(H,29,33). The molecule has 0 saturated carbocycles. The van der Waals surface area contributed by atoms with Crippen LogP contribution in [0.3, 0.4) is 0 Å². The minimum Gasteiger partial charge on any atom is -0.497 e. The molecule has 3 aromatic rings. The van der Waals surface area contributed by atoms with E-state index in [4.69, 9.17) is 16.3 Å². The molecule has 0 heterocycles. The van der Waals surface area contributed by atoms with Gasteiger partial charge in [-0.1, -0.05) is 47.5 Å². The highest BCUT2D eigenvalue weighted by atomic mass is 35.5. The fourth-order valence-electron chi connectivity index (χ4n) is 3.83. The second-order valence-corrected chi connectivity index (χ2v) is 10.8. The number of aryl methyl sites for hydroxylation is 1. The van der Waals surface area contributed by atoms with Gasteiger partial charge in [0.15, 0.2) is 0 Å². The highest BCUT2D eigenvalue weighted by Gasteiger charge is 2.32. The number of carbonyl (C=O) groups excluding carboxylic acids is 2. The van der Waals surface area contributed by atoms with Crippen molar-refractivity contribution in [2.45, 2.75) is 31.3 Å². The minimum absolute atomic E-state index is 0.0225. The highest BCUT2D eigenvalue weighted by molar-refractivity contribution is 7.92. The lowest BCUT2D eigenvalue weighted by molar-refractivity contribution is -0.139. The van der Waals surface area contributed by atoms with E-state index in [2.05, 4.69) is 5.32 Å². The van der Waals surface area contributed by atoms with Crippen LogP contribution in [-0.4, -0.2) is 51.9 Å². The number of benzene rings is 3. The molecule has 0 aliphatic heterocycles. The Labute approximate surface area is 222 Å². The van der Waals surface area contributed by atoms with Crippen LogP contribution in [-0.2, 0) is 26.2 Å². The monoisotopic (exact) mass is 543 g/mol. The SMILES string of the molecule is CNC(=O)C(C)N(Cc1cccc(C)c1)C(=O)CN(c1cccc(Cl)c1)S(=O)(=O)c1ccc(OC)cc1. The number of methoxy groups -OCH3 is 1. The van der Waals surface area contributed by atoms with E-state index in [0.29, 0.717) is 10.8 Å². The largest absolute Gasteiger partial charge is 0.497 e. The van der Waals surface area contributed by atoms with Crippen LogP contribution >= 0.6 is 11.6 Å². The molecule has 0 radical (unpaired) electrons. The number of amides is 2. The van der Waals surface area contributed by atoms with Gasteiger partial charge in [-0.15, -0.1) is 0 Å². The molecular formula is C27H30ClN3O5S. The number of sulfonamides is 1. The zero-order chi connectivity index (χ0) is 27.2. The van der Waals surface area contributed by atoms with Crippen LogP contribution in [0.25, 0.3) is 0 Å². The molecule has 1 atom stereocenters. The molecule has 0 aliphatic carbocycles. The number of rotatable bonds is 10. The molecular weight excluding hydrogens is 514 g/mol. The average Bonchev–Trinajstić information content (AvgIpc) is 2.89. The first-order chi connectivity index (χ1) is 17.6. The topological polar surface area (TPSA) is 96.0 Å². The Bertz CT molecular complexity index is 1360. The van der Waals surface area contributed by atoms with E-state index in [0.717, 1.165) is 15.4 Å². The molecule has 2 amide bonds. The lowest BCUT2D eigenvalue weighted by Gasteiger charge is -2.32. The van der Waals surface area contributed by atoms with Crippen molar-refractivity contribution < 1.29 is 22.7 Å². The van der Waals surface area contributed by atoms with Crippen LogP contribution in [0, 0.1) is 6.92 Å². The third-order valence-corrected chi connectivity index (χ3v) is 7.89. The van der Waals surface area contributed by atoms with Gasteiger partial charge in [-0.05, 0) is 61.9 Å². The van der Waals surface area contributed by atoms with Gasteiger partial charge in [-0.25, -0.2) is 8.42 Å². The van der Waals surface area contributed by atoms with Crippen molar-refractivity contribution in [3.63, 3.8) is 0 Å². The number of ether oxygens (including phenoxy) is 1. The van der Waals surface area contributed by atoms with E-state index >= 15 is 0 Å². The highest BCUT2D eigenvalue weighted by Crippen LogP contribution is 2.28. The van der Waals surface area contributed by atoms with E-state index < -0.39 is 28.5 Å². The van der Waals surface area contributed by atoms with Crippen LogP contribution in [0.15, 0.2) is 77.7 Å². The summed E-state index contributed by atoms with van der Waals surface area (Å²) in [6.07, 6.45) is 0. The molecule has 3 aromatic carbocycles. The number of anilines is 1. The summed E-state index contributed by atoms with van der Waals surface area (Å²) in [7, 11) is -1.21. The molecule has 8 nitrogen and oxygen atoms in total. The number of nitrogens with one attached hydrogen (secondary N) is 1. The Morgan fingerprint density at radius 2 is 1.70 bits per heavy atom. The van der Waals surface area contributed by atoms with Crippen molar-refractivity contribution in [2.75, 3.05) is 25.0 Å². The van der Waals surface area contributed by atoms with Crippen molar-refractivity contribution in [3.8, 4) is 5.75 Å². The quantitative estimate of drug-likeness (QED) is 0.417. The summed E-state index contributed by atoms with van der Waals surface area (Å²) in [4.78, 5) is 27.6. The van der Waals surface area contributed by atoms with E-state index in [-0.39, 0.29) is 23.0 Å². The van der Waals surface area contributed by atoms with E-state index in [9.17, 15) is 18.0 Å². The molecule has 196 valence electrons. The molecule has 3 rings (SSSR count). The van der Waals surface area contributed by atoms with Crippen LogP contribution in [0.4, 0.5) is 5.69 Å². The average molecular weight is 544 g/mol. The summed E-state index contributed by atoms with van der Waals surface area (Å²) in [5.41, 5.74) is 2.04. The van der Waals surface area contributed by atoms with Gasteiger partial charge in [-0.2, -0.15) is 0 Å². The zero-order valence-electron chi connectivity index (χ0n) is 21.1. The molecule has 0 aromatic heterocycles. The van der Waals surface area contributed by atoms with Crippen LogP contribution in [0.2, 0.25) is 5.02 Å². The van der Waals surface area contributed by atoms with Crippen LogP contribution < -0.4 is 14.4 Å². The number of likely N-dealkylation sites (N-methyl/N-ethyl adjacent to an activating group) is 1. The maximum atomic E-state index is 13.8. The molecule has 0 aliphatic rings. The van der Waals surface area contributed by atoms with Crippen LogP contribution in [0.5, 0.6) is 5.75 Å². The molecule has 37 heavy (non-hydrogen) atoms. The summed E-state index contributed by atoms with van der Waals surface area (Å²) in [5, 5.41) is 2.88. The minimum atomic E-state index is -4.18. The lowest BCUT2D eigenvalue weighted by atomic mass is 10.1. The molecule has 1 N–H and O–H groups in total. The normalized spacial score (nSPS) is 11.9. The third-order valence-electron chi connectivity index (χ3n) is 5.87. The summed E-state index contributed by atoms with van der Waals surface area (Å²) in [6.45, 7) is 3.12. The van der Waals surface area contributed by atoms with Crippen LogP contribution in [0.1, 0.15) is 18.1 Å². The number of nitrogens with zero attached hydrogens (tertiary/aromatic N) is 2. The van der Waals surface area contributed by atoms with Gasteiger partial charge in [0.2, 0.25) is 11.8 Å². The number of hydrogen-bond acceptors (Lipinski definition) is 5. The van der Waals surface area contributed by atoms with Gasteiger partial charge < -0.3 is 15.0 Å². The van der Waals surface area contributed by atoms with Crippen molar-refractivity contribution in [2.24, 2.45) is 0 Å².